The minimum Gasteiger partial charge on any atom is -0.497 e. The summed E-state index contributed by atoms with van der Waals surface area (Å²) in [6.45, 7) is 4.33. The SMILES string of the molecule is COc1ccc([C@H]2N(C(CN3CCCCC3)=NS(=O)(=O)c3ccc(C)cc3)CCN2S(=O)(=O)c2ccccc2)cc1. The third-order valence-corrected chi connectivity index (χ3v) is 10.8. The molecule has 0 spiro atoms. The van der Waals surface area contributed by atoms with Crippen molar-refractivity contribution in [3.05, 3.63) is 90.0 Å². The second-order valence-electron chi connectivity index (χ2n) is 10.4. The van der Waals surface area contributed by atoms with Crippen molar-refractivity contribution in [2.45, 2.75) is 42.1 Å². The zero-order valence-corrected chi connectivity index (χ0v) is 25.0. The summed E-state index contributed by atoms with van der Waals surface area (Å²) < 4.78 is 66.3. The summed E-state index contributed by atoms with van der Waals surface area (Å²) in [5.74, 6) is 0.971. The Morgan fingerprint density at radius 2 is 1.46 bits per heavy atom. The van der Waals surface area contributed by atoms with E-state index in [4.69, 9.17) is 4.74 Å². The number of methoxy groups -OCH3 is 1. The molecule has 218 valence electrons. The average Bonchev–Trinajstić information content (AvgIpc) is 3.44. The molecule has 0 aromatic heterocycles. The van der Waals surface area contributed by atoms with Gasteiger partial charge in [-0.05, 0) is 74.8 Å². The van der Waals surface area contributed by atoms with E-state index in [1.54, 1.807) is 73.8 Å². The first-order valence-corrected chi connectivity index (χ1v) is 16.7. The maximum absolute atomic E-state index is 13.9. The molecule has 2 saturated heterocycles. The molecule has 0 radical (unpaired) electrons. The maximum atomic E-state index is 13.9. The first-order valence-electron chi connectivity index (χ1n) is 13.8. The predicted octanol–water partition coefficient (Wildman–Crippen LogP) is 4.28. The number of aryl methyl sites for hydroxylation is 1. The van der Waals surface area contributed by atoms with Gasteiger partial charge in [0.05, 0.1) is 23.4 Å². The average molecular weight is 597 g/mol. The number of sulfonamides is 2. The Balaban J connectivity index is 1.61. The van der Waals surface area contributed by atoms with Crippen LogP contribution >= 0.6 is 0 Å². The number of hydrogen-bond acceptors (Lipinski definition) is 6. The number of hydrogen-bond donors (Lipinski definition) is 0. The van der Waals surface area contributed by atoms with Gasteiger partial charge in [-0.15, -0.1) is 4.40 Å². The van der Waals surface area contributed by atoms with Crippen molar-refractivity contribution in [1.29, 1.82) is 0 Å². The highest BCUT2D eigenvalue weighted by molar-refractivity contribution is 7.90. The molecule has 2 aliphatic rings. The van der Waals surface area contributed by atoms with Gasteiger partial charge in [0.15, 0.2) is 0 Å². The lowest BCUT2D eigenvalue weighted by molar-refractivity contribution is 0.234. The zero-order chi connectivity index (χ0) is 29.0. The summed E-state index contributed by atoms with van der Waals surface area (Å²) in [5.41, 5.74) is 1.64. The number of likely N-dealkylation sites (tertiary alicyclic amines) is 1. The van der Waals surface area contributed by atoms with Crippen LogP contribution in [0.1, 0.15) is 36.6 Å². The third-order valence-electron chi connectivity index (χ3n) is 7.58. The van der Waals surface area contributed by atoms with Gasteiger partial charge >= 0.3 is 0 Å². The molecule has 41 heavy (non-hydrogen) atoms. The van der Waals surface area contributed by atoms with Gasteiger partial charge in [0.2, 0.25) is 10.0 Å². The van der Waals surface area contributed by atoms with Crippen LogP contribution in [-0.4, -0.2) is 76.6 Å². The van der Waals surface area contributed by atoms with Crippen molar-refractivity contribution in [1.82, 2.24) is 14.1 Å². The number of ether oxygens (including phenoxy) is 1. The van der Waals surface area contributed by atoms with E-state index in [0.29, 0.717) is 30.2 Å². The van der Waals surface area contributed by atoms with Crippen LogP contribution in [0.4, 0.5) is 0 Å². The number of piperidine rings is 1. The highest BCUT2D eigenvalue weighted by Gasteiger charge is 2.43. The van der Waals surface area contributed by atoms with E-state index in [0.717, 1.165) is 37.9 Å². The van der Waals surface area contributed by atoms with Crippen LogP contribution in [0.25, 0.3) is 0 Å². The predicted molar refractivity (Wildman–Crippen MR) is 159 cm³/mol. The lowest BCUT2D eigenvalue weighted by Crippen LogP contribution is -2.44. The molecule has 0 aliphatic carbocycles. The van der Waals surface area contributed by atoms with E-state index in [9.17, 15) is 16.8 Å². The van der Waals surface area contributed by atoms with Crippen LogP contribution in [0.3, 0.4) is 0 Å². The van der Waals surface area contributed by atoms with Crippen LogP contribution in [-0.2, 0) is 20.0 Å². The van der Waals surface area contributed by atoms with Crippen molar-refractivity contribution in [3.63, 3.8) is 0 Å². The monoisotopic (exact) mass is 596 g/mol. The summed E-state index contributed by atoms with van der Waals surface area (Å²) in [7, 11) is -6.39. The smallest absolute Gasteiger partial charge is 0.283 e. The van der Waals surface area contributed by atoms with E-state index in [1.165, 1.54) is 4.31 Å². The van der Waals surface area contributed by atoms with Crippen LogP contribution in [0.5, 0.6) is 5.75 Å². The van der Waals surface area contributed by atoms with Crippen molar-refractivity contribution in [2.24, 2.45) is 4.40 Å². The highest BCUT2D eigenvalue weighted by Crippen LogP contribution is 2.36. The van der Waals surface area contributed by atoms with Crippen LogP contribution in [0, 0.1) is 6.92 Å². The molecule has 0 unspecified atom stereocenters. The number of nitrogens with zero attached hydrogens (tertiary/aromatic N) is 4. The standard InChI is InChI=1S/C30H36N4O5S2/c1-24-11-17-27(18-12-24)40(35,36)31-29(23-32-19-7-4-8-20-32)33-21-22-34(41(37,38)28-9-5-3-6-10-28)30(33)25-13-15-26(39-2)16-14-25/h3,5-6,9-18,30H,4,7-8,19-23H2,1-2H3/t30-/m0/s1. The number of benzene rings is 3. The lowest BCUT2D eigenvalue weighted by atomic mass is 10.1. The fraction of sp³-hybridized carbons (Fsp3) is 0.367. The van der Waals surface area contributed by atoms with Crippen molar-refractivity contribution >= 4 is 25.9 Å². The first kappa shape index (κ1) is 29.2. The molecule has 11 heteroatoms. The highest BCUT2D eigenvalue weighted by atomic mass is 32.2. The Bertz CT molecular complexity index is 1570. The molecular weight excluding hydrogens is 560 g/mol. The maximum Gasteiger partial charge on any atom is 0.283 e. The number of amidine groups is 1. The molecule has 0 bridgehead atoms. The molecular formula is C30H36N4O5S2. The van der Waals surface area contributed by atoms with Gasteiger partial charge in [-0.3, -0.25) is 4.90 Å². The molecule has 3 aromatic rings. The molecule has 2 aliphatic heterocycles. The van der Waals surface area contributed by atoms with Gasteiger partial charge in [0.25, 0.3) is 10.0 Å². The van der Waals surface area contributed by atoms with E-state index < -0.39 is 26.2 Å². The minimum absolute atomic E-state index is 0.105. The molecule has 1 atom stereocenters. The second-order valence-corrected chi connectivity index (χ2v) is 13.9. The summed E-state index contributed by atoms with van der Waals surface area (Å²) in [6, 6.07) is 22.1. The third kappa shape index (κ3) is 6.48. The molecule has 9 nitrogen and oxygen atoms in total. The zero-order valence-electron chi connectivity index (χ0n) is 23.4. The molecule has 3 aromatic carbocycles. The second kappa shape index (κ2) is 12.3. The Morgan fingerprint density at radius 3 is 2.10 bits per heavy atom. The van der Waals surface area contributed by atoms with E-state index >= 15 is 0 Å². The van der Waals surface area contributed by atoms with Gasteiger partial charge in [-0.1, -0.05) is 54.4 Å². The molecule has 0 N–H and O–H groups in total. The summed E-state index contributed by atoms with van der Waals surface area (Å²) >= 11 is 0. The van der Waals surface area contributed by atoms with Crippen molar-refractivity contribution in [3.8, 4) is 5.75 Å². The largest absolute Gasteiger partial charge is 0.497 e. The quantitative estimate of drug-likeness (QED) is 0.283. The Morgan fingerprint density at radius 1 is 0.805 bits per heavy atom. The van der Waals surface area contributed by atoms with Crippen LogP contribution < -0.4 is 4.74 Å². The fourth-order valence-electron chi connectivity index (χ4n) is 5.37. The van der Waals surface area contributed by atoms with Gasteiger partial charge in [0.1, 0.15) is 17.8 Å². The van der Waals surface area contributed by atoms with Crippen molar-refractivity contribution in [2.75, 3.05) is 39.8 Å². The lowest BCUT2D eigenvalue weighted by Gasteiger charge is -2.35. The molecule has 0 saturated carbocycles. The van der Waals surface area contributed by atoms with E-state index in [-0.39, 0.29) is 16.3 Å². The Hall–Kier alpha value is -3.25. The topological polar surface area (TPSA) is 99.6 Å². The van der Waals surface area contributed by atoms with Crippen LogP contribution in [0.15, 0.2) is 93.1 Å². The van der Waals surface area contributed by atoms with Crippen molar-refractivity contribution < 1.29 is 21.6 Å². The summed E-state index contributed by atoms with van der Waals surface area (Å²) in [4.78, 5) is 4.32. The van der Waals surface area contributed by atoms with E-state index in [2.05, 4.69) is 9.30 Å². The molecule has 0 amide bonds. The Kier molecular flexibility index (Phi) is 8.79. The van der Waals surface area contributed by atoms with Gasteiger partial charge < -0.3 is 9.64 Å². The number of rotatable bonds is 8. The Labute approximate surface area is 243 Å². The van der Waals surface area contributed by atoms with Gasteiger partial charge in [-0.2, -0.15) is 12.7 Å². The normalized spacial score (nSPS) is 19.4. The first-order chi connectivity index (χ1) is 19.7. The van der Waals surface area contributed by atoms with Gasteiger partial charge in [0, 0.05) is 13.1 Å². The minimum atomic E-state index is -4.05. The van der Waals surface area contributed by atoms with Crippen LogP contribution in [0.2, 0.25) is 0 Å². The van der Waals surface area contributed by atoms with Gasteiger partial charge in [-0.25, -0.2) is 8.42 Å². The fourth-order valence-corrected chi connectivity index (χ4v) is 7.99. The molecule has 2 fully saturated rings. The summed E-state index contributed by atoms with van der Waals surface area (Å²) in [6.07, 6.45) is 2.39. The van der Waals surface area contributed by atoms with E-state index in [1.807, 2.05) is 24.0 Å². The molecule has 5 rings (SSSR count). The molecule has 2 heterocycles. The summed E-state index contributed by atoms with van der Waals surface area (Å²) in [5, 5.41) is 0.